The first kappa shape index (κ1) is 64.2. The third-order valence-electron chi connectivity index (χ3n) is 13.8. The van der Waals surface area contributed by atoms with Crippen molar-refractivity contribution < 1.29 is 75.7 Å². The number of aliphatic hydroxyl groups is 4. The van der Waals surface area contributed by atoms with Crippen molar-refractivity contribution >= 4 is 35.1 Å². The van der Waals surface area contributed by atoms with E-state index in [2.05, 4.69) is 10.6 Å². The molecule has 0 aliphatic carbocycles. The molecule has 8 aromatic rings. The molecule has 434 valence electrons. The summed E-state index contributed by atoms with van der Waals surface area (Å²) in [4.78, 5) is 49.8. The first-order chi connectivity index (χ1) is 39.3. The van der Waals surface area contributed by atoms with Crippen LogP contribution in [0.1, 0.15) is 110 Å². The number of benzene rings is 6. The number of rotatable bonds is 24. The fraction of sp³-hybridized carbons (Fsp3) is 0.273. The van der Waals surface area contributed by atoms with E-state index in [0.717, 1.165) is 22.5 Å². The average molecular weight is 1170 g/mol. The summed E-state index contributed by atoms with van der Waals surface area (Å²) >= 11 is 0. The smallest absolute Gasteiger partial charge is 0.550 e. The summed E-state index contributed by atoms with van der Waals surface area (Å²) in [5.74, 6) is -4.41. The number of carboxylic acid groups (broad SMARTS) is 2. The minimum absolute atomic E-state index is 0. The summed E-state index contributed by atoms with van der Waals surface area (Å²) in [7, 11) is 0. The zero-order valence-electron chi connectivity index (χ0n) is 46.5. The molecule has 0 unspecified atom stereocenters. The maximum Gasteiger partial charge on any atom is 2.00 e. The maximum atomic E-state index is 14.0. The van der Waals surface area contributed by atoms with Crippen LogP contribution in [0.15, 0.2) is 170 Å². The summed E-state index contributed by atoms with van der Waals surface area (Å²) in [6, 6.07) is 49.4. The van der Waals surface area contributed by atoms with Gasteiger partial charge in [0.15, 0.2) is 0 Å². The Hall–Kier alpha value is -8.02. The first-order valence-corrected chi connectivity index (χ1v) is 27.3. The van der Waals surface area contributed by atoms with Gasteiger partial charge >= 0.3 is 17.1 Å². The number of aromatic nitrogens is 2. The van der Waals surface area contributed by atoms with E-state index < -0.39 is 60.8 Å². The number of anilines is 2. The first-order valence-electron chi connectivity index (χ1n) is 27.3. The SMILES string of the molecule is CC(C)c1c(C(=O)Nc2ccccc2)c(-c2ccccc2)c(-c2ccc(F)cc2)n1CC[C@@H](O)C[C@@H](O)CC(=O)[O-].CC(C)c1c(C(=O)Nc2ccccc2)c(-c2ccccc2)c(-c2ccc(F)cc2)n1CC[C@@H](O)C[C@@H](O)CC(=O)[O-].[Fe+2]. The van der Waals surface area contributed by atoms with Crippen molar-refractivity contribution in [1.29, 1.82) is 0 Å². The van der Waals surface area contributed by atoms with Gasteiger partial charge in [-0.15, -0.1) is 0 Å². The number of halogens is 2. The second-order valence-electron chi connectivity index (χ2n) is 20.8. The monoisotopic (exact) mass is 1170 g/mol. The normalized spacial score (nSPS) is 12.6. The van der Waals surface area contributed by atoms with E-state index in [1.165, 1.54) is 24.3 Å². The van der Waals surface area contributed by atoms with Crippen LogP contribution in [0.5, 0.6) is 0 Å². The van der Waals surface area contributed by atoms with Gasteiger partial charge in [0.1, 0.15) is 11.6 Å². The van der Waals surface area contributed by atoms with Gasteiger partial charge in [-0.25, -0.2) is 8.78 Å². The van der Waals surface area contributed by atoms with Crippen molar-refractivity contribution in [2.45, 2.75) is 116 Å². The number of hydrogen-bond donors (Lipinski definition) is 6. The van der Waals surface area contributed by atoms with Crippen LogP contribution in [0.25, 0.3) is 44.8 Å². The third kappa shape index (κ3) is 17.0. The van der Waals surface area contributed by atoms with Crippen LogP contribution in [0.3, 0.4) is 0 Å². The molecule has 0 fully saturated rings. The average Bonchev–Trinajstić information content (AvgIpc) is 3.14. The Kier molecular flexibility index (Phi) is 23.4. The summed E-state index contributed by atoms with van der Waals surface area (Å²) in [5.41, 5.74) is 9.43. The van der Waals surface area contributed by atoms with Crippen LogP contribution in [0, 0.1) is 11.6 Å². The molecule has 0 aliphatic heterocycles. The molecule has 4 atom stereocenters. The molecule has 17 heteroatoms. The van der Waals surface area contributed by atoms with Crippen molar-refractivity contribution in [3.8, 4) is 44.8 Å². The molecular weight excluding hydrogens is 1100 g/mol. The number of para-hydroxylation sites is 2. The van der Waals surface area contributed by atoms with Crippen LogP contribution in [-0.2, 0) is 39.7 Å². The van der Waals surface area contributed by atoms with Gasteiger partial charge < -0.3 is 60.0 Å². The number of carbonyl (C=O) groups excluding carboxylic acids is 4. The fourth-order valence-corrected chi connectivity index (χ4v) is 10.4. The Morgan fingerprint density at radius 1 is 0.446 bits per heavy atom. The summed E-state index contributed by atoms with van der Waals surface area (Å²) in [5, 5.41) is 69.2. The largest absolute Gasteiger partial charge is 2.00 e. The van der Waals surface area contributed by atoms with Crippen molar-refractivity contribution in [3.63, 3.8) is 0 Å². The van der Waals surface area contributed by atoms with E-state index in [9.17, 15) is 58.6 Å². The molecule has 0 saturated carbocycles. The minimum Gasteiger partial charge on any atom is -0.550 e. The molecule has 14 nitrogen and oxygen atoms in total. The molecule has 2 heterocycles. The number of carboxylic acids is 2. The van der Waals surface area contributed by atoms with Crippen LogP contribution >= 0.6 is 0 Å². The van der Waals surface area contributed by atoms with Gasteiger partial charge in [0, 0.05) is 71.8 Å². The number of nitrogens with one attached hydrogen (secondary N) is 2. The van der Waals surface area contributed by atoms with E-state index in [1.54, 1.807) is 48.5 Å². The van der Waals surface area contributed by atoms with Gasteiger partial charge in [-0.3, -0.25) is 9.59 Å². The van der Waals surface area contributed by atoms with Crippen molar-refractivity contribution in [2.75, 3.05) is 10.6 Å². The van der Waals surface area contributed by atoms with Gasteiger partial charge in [-0.05, 0) is 133 Å². The van der Waals surface area contributed by atoms with Gasteiger partial charge in [-0.1, -0.05) is 125 Å². The predicted octanol–water partition coefficient (Wildman–Crippen LogP) is 9.96. The van der Waals surface area contributed by atoms with Crippen molar-refractivity contribution in [3.05, 3.63) is 204 Å². The number of hydrogen-bond acceptors (Lipinski definition) is 10. The zero-order valence-corrected chi connectivity index (χ0v) is 47.6. The minimum atomic E-state index is -1.39. The summed E-state index contributed by atoms with van der Waals surface area (Å²) < 4.78 is 32.0. The Balaban J connectivity index is 0.000000263. The van der Waals surface area contributed by atoms with E-state index in [1.807, 2.05) is 134 Å². The Morgan fingerprint density at radius 3 is 1.04 bits per heavy atom. The molecular formula is C66H68F2FeN4O10. The molecule has 0 bridgehead atoms. The van der Waals surface area contributed by atoms with Crippen molar-refractivity contribution in [1.82, 2.24) is 9.13 Å². The van der Waals surface area contributed by atoms with E-state index in [4.69, 9.17) is 0 Å². The third-order valence-corrected chi connectivity index (χ3v) is 13.8. The summed E-state index contributed by atoms with van der Waals surface area (Å²) in [6.45, 7) is 8.45. The number of amides is 2. The summed E-state index contributed by atoms with van der Waals surface area (Å²) in [6.07, 6.45) is -5.54. The Morgan fingerprint density at radius 2 is 0.747 bits per heavy atom. The number of aliphatic hydroxyl groups excluding tert-OH is 4. The van der Waals surface area contributed by atoms with Crippen LogP contribution < -0.4 is 20.8 Å². The molecule has 8 rings (SSSR count). The van der Waals surface area contributed by atoms with Crippen LogP contribution in [0.4, 0.5) is 20.2 Å². The number of nitrogens with zero attached hydrogens (tertiary/aromatic N) is 2. The quantitative estimate of drug-likeness (QED) is 0.0314. The molecule has 0 radical (unpaired) electrons. The van der Waals surface area contributed by atoms with E-state index in [0.29, 0.717) is 56.1 Å². The second kappa shape index (κ2) is 30.3. The molecule has 6 N–H and O–H groups in total. The fourth-order valence-electron chi connectivity index (χ4n) is 10.4. The zero-order chi connectivity index (χ0) is 59.0. The maximum absolute atomic E-state index is 14.0. The van der Waals surface area contributed by atoms with Crippen LogP contribution in [-0.4, -0.2) is 77.7 Å². The molecule has 2 amide bonds. The Bertz CT molecular complexity index is 3170. The standard InChI is InChI=1S/2C33H35FN2O5.Fe/c2*1-21(2)31-30(33(41)35-25-11-7-4-8-12-25)29(22-9-5-3-6-10-22)32(23-13-15-24(34)16-14-23)36(31)18-17-26(37)19-27(38)20-28(39)40;/h2*3-16,21,26-27,37-38H,17-20H2,1-2H3,(H,35,41)(H,39,40);/q;;+2/p-2/t2*26-,27-;/m11./s1. The second-order valence-corrected chi connectivity index (χ2v) is 20.8. The van der Waals surface area contributed by atoms with Crippen LogP contribution in [0.2, 0.25) is 0 Å². The molecule has 6 aromatic carbocycles. The number of aliphatic carboxylic acids is 2. The molecule has 83 heavy (non-hydrogen) atoms. The number of carbonyl (C=O) groups is 4. The van der Waals surface area contributed by atoms with E-state index in [-0.39, 0.29) is 79.5 Å². The van der Waals surface area contributed by atoms with Gasteiger partial charge in [-0.2, -0.15) is 0 Å². The van der Waals surface area contributed by atoms with Crippen molar-refractivity contribution in [2.24, 2.45) is 0 Å². The topological polar surface area (TPSA) is 229 Å². The molecule has 0 spiro atoms. The molecule has 2 aromatic heterocycles. The van der Waals surface area contributed by atoms with Gasteiger partial charge in [0.25, 0.3) is 11.8 Å². The molecule has 0 saturated heterocycles. The Labute approximate surface area is 492 Å². The molecule has 0 aliphatic rings. The predicted molar refractivity (Wildman–Crippen MR) is 309 cm³/mol. The van der Waals surface area contributed by atoms with Gasteiger partial charge in [0.05, 0.1) is 46.9 Å². The van der Waals surface area contributed by atoms with E-state index >= 15 is 0 Å². The van der Waals surface area contributed by atoms with Gasteiger partial charge in [0.2, 0.25) is 0 Å².